The SMILES string of the molecule is CC1CC1C(N)Cc1nc2ccccc2o1. The Morgan fingerprint density at radius 3 is 2.94 bits per heavy atom. The maximum absolute atomic E-state index is 6.12. The van der Waals surface area contributed by atoms with Crippen molar-refractivity contribution in [2.45, 2.75) is 25.8 Å². The zero-order valence-electron chi connectivity index (χ0n) is 9.39. The van der Waals surface area contributed by atoms with Crippen LogP contribution in [-0.4, -0.2) is 11.0 Å². The van der Waals surface area contributed by atoms with Crippen molar-refractivity contribution in [3.63, 3.8) is 0 Å². The van der Waals surface area contributed by atoms with Crippen LogP contribution in [0.2, 0.25) is 0 Å². The van der Waals surface area contributed by atoms with Gasteiger partial charge in [0.2, 0.25) is 0 Å². The summed E-state index contributed by atoms with van der Waals surface area (Å²) in [7, 11) is 0. The number of hydrogen-bond acceptors (Lipinski definition) is 3. The van der Waals surface area contributed by atoms with Crippen molar-refractivity contribution >= 4 is 11.1 Å². The van der Waals surface area contributed by atoms with Crippen LogP contribution in [0, 0.1) is 11.8 Å². The third-order valence-electron chi connectivity index (χ3n) is 3.47. The molecule has 1 aromatic heterocycles. The molecule has 1 fully saturated rings. The summed E-state index contributed by atoms with van der Waals surface area (Å²) in [5, 5.41) is 0. The van der Waals surface area contributed by atoms with Crippen molar-refractivity contribution < 1.29 is 4.42 Å². The molecule has 1 aliphatic rings. The summed E-state index contributed by atoms with van der Waals surface area (Å²) in [6.45, 7) is 2.25. The molecule has 84 valence electrons. The highest BCUT2D eigenvalue weighted by molar-refractivity contribution is 5.72. The van der Waals surface area contributed by atoms with Crippen LogP contribution in [0.1, 0.15) is 19.2 Å². The van der Waals surface area contributed by atoms with Crippen molar-refractivity contribution in [3.05, 3.63) is 30.2 Å². The normalized spacial score (nSPS) is 25.9. The Balaban J connectivity index is 1.79. The van der Waals surface area contributed by atoms with Crippen LogP contribution in [0.4, 0.5) is 0 Å². The highest BCUT2D eigenvalue weighted by atomic mass is 16.3. The lowest BCUT2D eigenvalue weighted by atomic mass is 10.1. The second kappa shape index (κ2) is 3.59. The molecule has 3 atom stereocenters. The lowest BCUT2D eigenvalue weighted by molar-refractivity contribution is 0.466. The van der Waals surface area contributed by atoms with Crippen molar-refractivity contribution in [3.8, 4) is 0 Å². The number of para-hydroxylation sites is 2. The maximum Gasteiger partial charge on any atom is 0.197 e. The molecular formula is C13H16N2O. The molecule has 3 unspecified atom stereocenters. The van der Waals surface area contributed by atoms with Crippen molar-refractivity contribution in [1.82, 2.24) is 4.98 Å². The van der Waals surface area contributed by atoms with Crippen LogP contribution in [0.3, 0.4) is 0 Å². The fourth-order valence-corrected chi connectivity index (χ4v) is 2.31. The van der Waals surface area contributed by atoms with E-state index in [1.807, 2.05) is 24.3 Å². The molecule has 0 bridgehead atoms. The average molecular weight is 216 g/mol. The van der Waals surface area contributed by atoms with Gasteiger partial charge in [-0.1, -0.05) is 19.1 Å². The van der Waals surface area contributed by atoms with Gasteiger partial charge >= 0.3 is 0 Å². The van der Waals surface area contributed by atoms with Gasteiger partial charge < -0.3 is 10.2 Å². The monoisotopic (exact) mass is 216 g/mol. The quantitative estimate of drug-likeness (QED) is 0.856. The van der Waals surface area contributed by atoms with E-state index in [0.29, 0.717) is 5.92 Å². The molecule has 1 saturated carbocycles. The van der Waals surface area contributed by atoms with Gasteiger partial charge in [-0.05, 0) is 30.4 Å². The van der Waals surface area contributed by atoms with E-state index in [9.17, 15) is 0 Å². The highest BCUT2D eigenvalue weighted by Crippen LogP contribution is 2.40. The average Bonchev–Trinajstić information content (AvgIpc) is 2.87. The minimum Gasteiger partial charge on any atom is -0.441 e. The first-order valence-corrected chi connectivity index (χ1v) is 5.84. The fourth-order valence-electron chi connectivity index (χ4n) is 2.31. The van der Waals surface area contributed by atoms with Crippen molar-refractivity contribution in [2.75, 3.05) is 0 Å². The molecule has 1 heterocycles. The summed E-state index contributed by atoms with van der Waals surface area (Å²) in [5.41, 5.74) is 7.90. The van der Waals surface area contributed by atoms with E-state index < -0.39 is 0 Å². The molecule has 3 rings (SSSR count). The Morgan fingerprint density at radius 2 is 2.25 bits per heavy atom. The maximum atomic E-state index is 6.12. The standard InChI is InChI=1S/C13H16N2O/c1-8-6-9(8)10(14)7-13-15-11-4-2-3-5-12(11)16-13/h2-5,8-10H,6-7,14H2,1H3. The zero-order valence-corrected chi connectivity index (χ0v) is 9.39. The van der Waals surface area contributed by atoms with Crippen LogP contribution >= 0.6 is 0 Å². The van der Waals surface area contributed by atoms with Crippen LogP contribution in [0.25, 0.3) is 11.1 Å². The molecule has 16 heavy (non-hydrogen) atoms. The lowest BCUT2D eigenvalue weighted by Crippen LogP contribution is -2.26. The number of rotatable bonds is 3. The van der Waals surface area contributed by atoms with Crippen LogP contribution in [0.15, 0.2) is 28.7 Å². The molecule has 0 amide bonds. The molecular weight excluding hydrogens is 200 g/mol. The Morgan fingerprint density at radius 1 is 1.50 bits per heavy atom. The van der Waals surface area contributed by atoms with E-state index in [4.69, 9.17) is 10.2 Å². The van der Waals surface area contributed by atoms with Gasteiger partial charge in [-0.2, -0.15) is 0 Å². The minimum atomic E-state index is 0.197. The molecule has 0 radical (unpaired) electrons. The van der Waals surface area contributed by atoms with Gasteiger partial charge in [0, 0.05) is 12.5 Å². The van der Waals surface area contributed by atoms with Crippen LogP contribution in [0.5, 0.6) is 0 Å². The highest BCUT2D eigenvalue weighted by Gasteiger charge is 2.38. The first-order valence-electron chi connectivity index (χ1n) is 5.84. The van der Waals surface area contributed by atoms with E-state index in [2.05, 4.69) is 11.9 Å². The number of nitrogens with two attached hydrogens (primary N) is 1. The van der Waals surface area contributed by atoms with Gasteiger partial charge in [0.1, 0.15) is 5.52 Å². The number of aromatic nitrogens is 1. The molecule has 2 N–H and O–H groups in total. The van der Waals surface area contributed by atoms with E-state index in [0.717, 1.165) is 29.3 Å². The Labute approximate surface area is 94.7 Å². The molecule has 0 aliphatic heterocycles. The largest absolute Gasteiger partial charge is 0.441 e. The molecule has 3 nitrogen and oxygen atoms in total. The van der Waals surface area contributed by atoms with Gasteiger partial charge in [-0.25, -0.2) is 4.98 Å². The lowest BCUT2D eigenvalue weighted by Gasteiger charge is -2.06. The Kier molecular flexibility index (Phi) is 2.21. The molecule has 0 spiro atoms. The topological polar surface area (TPSA) is 52.0 Å². The minimum absolute atomic E-state index is 0.197. The van der Waals surface area contributed by atoms with E-state index in [1.165, 1.54) is 6.42 Å². The molecule has 2 aromatic rings. The summed E-state index contributed by atoms with van der Waals surface area (Å²) in [4.78, 5) is 4.44. The Hall–Kier alpha value is -1.35. The van der Waals surface area contributed by atoms with Crippen molar-refractivity contribution in [2.24, 2.45) is 17.6 Å². The van der Waals surface area contributed by atoms with Gasteiger partial charge in [-0.15, -0.1) is 0 Å². The first-order chi connectivity index (χ1) is 7.74. The fraction of sp³-hybridized carbons (Fsp3) is 0.462. The molecule has 3 heteroatoms. The molecule has 1 aromatic carbocycles. The molecule has 1 aliphatic carbocycles. The number of oxazole rings is 1. The van der Waals surface area contributed by atoms with Gasteiger partial charge in [0.15, 0.2) is 11.5 Å². The second-order valence-electron chi connectivity index (χ2n) is 4.82. The zero-order chi connectivity index (χ0) is 11.1. The number of fused-ring (bicyclic) bond motifs is 1. The predicted molar refractivity (Wildman–Crippen MR) is 63.0 cm³/mol. The summed E-state index contributed by atoms with van der Waals surface area (Å²) in [5.74, 6) is 2.21. The third-order valence-corrected chi connectivity index (χ3v) is 3.47. The van der Waals surface area contributed by atoms with Crippen molar-refractivity contribution in [1.29, 1.82) is 0 Å². The summed E-state index contributed by atoms with van der Waals surface area (Å²) >= 11 is 0. The summed E-state index contributed by atoms with van der Waals surface area (Å²) in [6.07, 6.45) is 2.01. The summed E-state index contributed by atoms with van der Waals surface area (Å²) < 4.78 is 5.66. The predicted octanol–water partition coefficient (Wildman–Crippen LogP) is 2.35. The molecule has 0 saturated heterocycles. The third kappa shape index (κ3) is 1.71. The Bertz CT molecular complexity index is 472. The number of benzene rings is 1. The van der Waals surface area contributed by atoms with Crippen LogP contribution in [-0.2, 0) is 6.42 Å². The smallest absolute Gasteiger partial charge is 0.197 e. The first kappa shape index (κ1) is 9.85. The van der Waals surface area contributed by atoms with E-state index in [-0.39, 0.29) is 6.04 Å². The number of hydrogen-bond donors (Lipinski definition) is 1. The van der Waals surface area contributed by atoms with E-state index in [1.54, 1.807) is 0 Å². The van der Waals surface area contributed by atoms with Gasteiger partial charge in [0.25, 0.3) is 0 Å². The second-order valence-corrected chi connectivity index (χ2v) is 4.82. The van der Waals surface area contributed by atoms with Crippen LogP contribution < -0.4 is 5.73 Å². The summed E-state index contributed by atoms with van der Waals surface area (Å²) in [6, 6.07) is 8.03. The number of nitrogens with zero attached hydrogens (tertiary/aromatic N) is 1. The van der Waals surface area contributed by atoms with Gasteiger partial charge in [0.05, 0.1) is 0 Å². The van der Waals surface area contributed by atoms with E-state index >= 15 is 0 Å². The van der Waals surface area contributed by atoms with Gasteiger partial charge in [-0.3, -0.25) is 0 Å².